The number of benzene rings is 1. The molecule has 0 aromatic heterocycles. The van der Waals surface area contributed by atoms with Crippen LogP contribution in [-0.2, 0) is 0 Å². The lowest BCUT2D eigenvalue weighted by Crippen LogP contribution is -2.20. The van der Waals surface area contributed by atoms with Crippen molar-refractivity contribution in [3.05, 3.63) is 54.1 Å². The Kier molecular flexibility index (Phi) is 6.46. The fourth-order valence-electron chi connectivity index (χ4n) is 1.99. The summed E-state index contributed by atoms with van der Waals surface area (Å²) in [5.74, 6) is 6.29. The first-order chi connectivity index (χ1) is 9.79. The minimum Gasteiger partial charge on any atom is -0.298 e. The molecule has 0 unspecified atom stereocenters. The summed E-state index contributed by atoms with van der Waals surface area (Å²) >= 11 is 0. The molecule has 21 heavy (non-hydrogen) atoms. The molecule has 0 atom stereocenters. The van der Waals surface area contributed by atoms with Crippen LogP contribution >= 0.6 is 0 Å². The minimum absolute atomic E-state index is 0.0648. The smallest absolute Gasteiger partial charge is 0.0234 e. The Morgan fingerprint density at radius 2 is 1.95 bits per heavy atom. The summed E-state index contributed by atoms with van der Waals surface area (Å²) in [6, 6.07) is 8.39. The van der Waals surface area contributed by atoms with E-state index >= 15 is 0 Å². The highest BCUT2D eigenvalue weighted by molar-refractivity contribution is 5.67. The summed E-state index contributed by atoms with van der Waals surface area (Å²) in [6.45, 7) is 14.4. The number of hydrogen-bond donors (Lipinski definition) is 0. The van der Waals surface area contributed by atoms with Crippen LogP contribution in [0.4, 0.5) is 0 Å². The van der Waals surface area contributed by atoms with Gasteiger partial charge in [-0.2, -0.15) is 0 Å². The van der Waals surface area contributed by atoms with Gasteiger partial charge in [-0.1, -0.05) is 48.8 Å². The summed E-state index contributed by atoms with van der Waals surface area (Å²) in [5.41, 5.74) is 3.75. The number of hydrogen-bond acceptors (Lipinski definition) is 1. The molecule has 0 aliphatic carbocycles. The molecule has 0 aliphatic rings. The summed E-state index contributed by atoms with van der Waals surface area (Å²) in [4.78, 5) is 2.24. The molecule has 0 aliphatic heterocycles. The third-order valence-corrected chi connectivity index (χ3v) is 3.05. The van der Waals surface area contributed by atoms with Gasteiger partial charge < -0.3 is 0 Å². The predicted molar refractivity (Wildman–Crippen MR) is 94.1 cm³/mol. The normalized spacial score (nSPS) is 11.5. The molecule has 1 rings (SSSR count). The molecule has 112 valence electrons. The highest BCUT2D eigenvalue weighted by atomic mass is 15.1. The van der Waals surface area contributed by atoms with E-state index in [4.69, 9.17) is 0 Å². The highest BCUT2D eigenvalue weighted by Crippen LogP contribution is 2.17. The van der Waals surface area contributed by atoms with Crippen molar-refractivity contribution in [2.24, 2.45) is 5.41 Å². The monoisotopic (exact) mass is 281 g/mol. The summed E-state index contributed by atoms with van der Waals surface area (Å²) in [7, 11) is 2.10. The summed E-state index contributed by atoms with van der Waals surface area (Å²) in [6.07, 6.45) is 4.04. The molecule has 0 amide bonds. The number of rotatable bonds is 5. The van der Waals surface area contributed by atoms with Crippen LogP contribution in [0.3, 0.4) is 0 Å². The van der Waals surface area contributed by atoms with Crippen molar-refractivity contribution in [1.82, 2.24) is 4.90 Å². The van der Waals surface area contributed by atoms with Gasteiger partial charge in [-0.15, -0.1) is 0 Å². The molecule has 0 saturated heterocycles. The number of aryl methyl sites for hydroxylation is 1. The highest BCUT2D eigenvalue weighted by Gasteiger charge is 2.05. The van der Waals surface area contributed by atoms with Crippen LogP contribution < -0.4 is 0 Å². The maximum Gasteiger partial charge on any atom is 0.0234 e. The van der Waals surface area contributed by atoms with Gasteiger partial charge >= 0.3 is 0 Å². The Bertz CT molecular complexity index is 561. The van der Waals surface area contributed by atoms with Crippen molar-refractivity contribution >= 4 is 5.57 Å². The fraction of sp³-hybridized carbons (Fsp3) is 0.400. The molecule has 1 aromatic rings. The van der Waals surface area contributed by atoms with Crippen molar-refractivity contribution in [3.8, 4) is 11.8 Å². The zero-order valence-electron chi connectivity index (χ0n) is 14.0. The molecule has 0 spiro atoms. The first-order valence-electron chi connectivity index (χ1n) is 7.39. The zero-order valence-corrected chi connectivity index (χ0v) is 14.0. The second-order valence-corrected chi connectivity index (χ2v) is 6.54. The Balaban J connectivity index is 2.49. The second kappa shape index (κ2) is 7.86. The van der Waals surface area contributed by atoms with Gasteiger partial charge in [0.25, 0.3) is 0 Å². The molecule has 0 bridgehead atoms. The molecular weight excluding hydrogens is 254 g/mol. The number of likely N-dealkylation sites (N-methyl/N-ethyl adjacent to an activating group) is 1. The van der Waals surface area contributed by atoms with Gasteiger partial charge in [-0.25, -0.2) is 0 Å². The van der Waals surface area contributed by atoms with Crippen molar-refractivity contribution in [1.29, 1.82) is 0 Å². The molecule has 1 nitrogen and oxygen atoms in total. The van der Waals surface area contributed by atoms with Crippen LogP contribution in [0, 0.1) is 24.2 Å². The predicted octanol–water partition coefficient (Wildman–Crippen LogP) is 4.55. The third kappa shape index (κ3) is 6.97. The van der Waals surface area contributed by atoms with Crippen LogP contribution in [0.2, 0.25) is 0 Å². The van der Waals surface area contributed by atoms with Crippen molar-refractivity contribution < 1.29 is 0 Å². The van der Waals surface area contributed by atoms with E-state index in [9.17, 15) is 0 Å². The molecule has 0 heterocycles. The Hall–Kier alpha value is -1.78. The SMILES string of the molecule is C=C(CN(C)C/C=C/C#CC(C)(C)C)c1ccccc1C. The maximum atomic E-state index is 4.21. The van der Waals surface area contributed by atoms with E-state index in [2.05, 4.69) is 88.4 Å². The average molecular weight is 281 g/mol. The third-order valence-electron chi connectivity index (χ3n) is 3.05. The van der Waals surface area contributed by atoms with Crippen LogP contribution in [-0.4, -0.2) is 25.0 Å². The maximum absolute atomic E-state index is 4.21. The van der Waals surface area contributed by atoms with Gasteiger partial charge in [-0.05, 0) is 57.5 Å². The molecule has 0 saturated carbocycles. The van der Waals surface area contributed by atoms with Crippen LogP contribution in [0.25, 0.3) is 5.57 Å². The molecule has 1 heteroatoms. The lowest BCUT2D eigenvalue weighted by Gasteiger charge is -2.17. The Morgan fingerprint density at radius 3 is 2.57 bits per heavy atom. The summed E-state index contributed by atoms with van der Waals surface area (Å²) < 4.78 is 0. The average Bonchev–Trinajstić information content (AvgIpc) is 2.37. The van der Waals surface area contributed by atoms with Gasteiger partial charge in [-0.3, -0.25) is 4.90 Å². The van der Waals surface area contributed by atoms with E-state index < -0.39 is 0 Å². The van der Waals surface area contributed by atoms with Gasteiger partial charge in [0, 0.05) is 18.5 Å². The molecule has 0 radical (unpaired) electrons. The van der Waals surface area contributed by atoms with Gasteiger partial charge in [0.15, 0.2) is 0 Å². The van der Waals surface area contributed by atoms with Crippen LogP contribution in [0.5, 0.6) is 0 Å². The standard InChI is InChI=1S/C20H27N/c1-17-12-8-9-13-19(17)18(2)16-21(6)15-11-7-10-14-20(3,4)5/h7-9,11-13H,2,15-16H2,1,3-6H3/b11-7+. The first-order valence-corrected chi connectivity index (χ1v) is 7.39. The molecule has 0 fully saturated rings. The largest absolute Gasteiger partial charge is 0.298 e. The lowest BCUT2D eigenvalue weighted by atomic mass is 9.98. The van der Waals surface area contributed by atoms with E-state index in [0.717, 1.165) is 18.7 Å². The van der Waals surface area contributed by atoms with Gasteiger partial charge in [0.2, 0.25) is 0 Å². The van der Waals surface area contributed by atoms with E-state index in [-0.39, 0.29) is 5.41 Å². The fourth-order valence-corrected chi connectivity index (χ4v) is 1.99. The van der Waals surface area contributed by atoms with Crippen molar-refractivity contribution in [2.45, 2.75) is 27.7 Å². The first kappa shape index (κ1) is 17.3. The van der Waals surface area contributed by atoms with E-state index in [1.54, 1.807) is 0 Å². The number of nitrogens with zero attached hydrogens (tertiary/aromatic N) is 1. The van der Waals surface area contributed by atoms with E-state index in [0.29, 0.717) is 0 Å². The molecular formula is C20H27N. The molecule has 1 aromatic carbocycles. The number of allylic oxidation sites excluding steroid dienone is 1. The molecule has 0 N–H and O–H groups in total. The minimum atomic E-state index is 0.0648. The second-order valence-electron chi connectivity index (χ2n) is 6.54. The zero-order chi connectivity index (χ0) is 15.9. The van der Waals surface area contributed by atoms with Gasteiger partial charge in [0.1, 0.15) is 0 Å². The Morgan fingerprint density at radius 1 is 1.29 bits per heavy atom. The van der Waals surface area contributed by atoms with Crippen molar-refractivity contribution in [2.75, 3.05) is 20.1 Å². The van der Waals surface area contributed by atoms with Crippen LogP contribution in [0.15, 0.2) is 43.0 Å². The van der Waals surface area contributed by atoms with Crippen LogP contribution in [0.1, 0.15) is 31.9 Å². The summed E-state index contributed by atoms with van der Waals surface area (Å²) in [5, 5.41) is 0. The van der Waals surface area contributed by atoms with Gasteiger partial charge in [0.05, 0.1) is 0 Å². The quantitative estimate of drug-likeness (QED) is 0.716. The topological polar surface area (TPSA) is 3.24 Å². The van der Waals surface area contributed by atoms with Crippen molar-refractivity contribution in [3.63, 3.8) is 0 Å². The van der Waals surface area contributed by atoms with E-state index in [1.807, 2.05) is 6.08 Å². The Labute approximate surface area is 130 Å². The lowest BCUT2D eigenvalue weighted by molar-refractivity contribution is 0.419. The van der Waals surface area contributed by atoms with E-state index in [1.165, 1.54) is 11.1 Å².